The van der Waals surface area contributed by atoms with E-state index in [2.05, 4.69) is 50.5 Å². The van der Waals surface area contributed by atoms with Crippen molar-refractivity contribution < 1.29 is 19.8 Å². The van der Waals surface area contributed by atoms with Gasteiger partial charge in [-0.1, -0.05) is 148 Å². The third kappa shape index (κ3) is 28.1. The molecule has 10 aromatic rings. The molecule has 7 heterocycles. The van der Waals surface area contributed by atoms with Crippen molar-refractivity contribution in [1.82, 2.24) is 42.3 Å². The summed E-state index contributed by atoms with van der Waals surface area (Å²) in [7, 11) is 5.68. The molecule has 0 radical (unpaired) electrons. The second-order valence-corrected chi connectivity index (χ2v) is 27.3. The summed E-state index contributed by atoms with van der Waals surface area (Å²) in [5.41, 5.74) is 20.5. The van der Waals surface area contributed by atoms with Crippen LogP contribution in [0.15, 0.2) is 220 Å². The van der Waals surface area contributed by atoms with Crippen LogP contribution in [-0.4, -0.2) is 116 Å². The van der Waals surface area contributed by atoms with Gasteiger partial charge in [-0.05, 0) is 116 Å². The zero-order chi connectivity index (χ0) is 83.6. The Labute approximate surface area is 685 Å². The Hall–Kier alpha value is -12.3. The number of hydrogen-bond acceptors (Lipinski definition) is 20. The first-order valence-electron chi connectivity index (χ1n) is 35.6. The first kappa shape index (κ1) is 93.3. The molecule has 6 aromatic carbocycles. The molecule has 0 amide bonds. The van der Waals surface area contributed by atoms with E-state index in [0.29, 0.717) is 64.1 Å². The van der Waals surface area contributed by atoms with Crippen molar-refractivity contribution in [3.05, 3.63) is 331 Å². The molecule has 0 aliphatic carbocycles. The lowest BCUT2D eigenvalue weighted by Crippen LogP contribution is -2.47. The molecule has 3 aliphatic rings. The molecule has 3 saturated heterocycles. The molecule has 30 nitrogen and oxygen atoms in total. The van der Waals surface area contributed by atoms with Crippen LogP contribution in [0.2, 0.25) is 10.3 Å². The van der Waals surface area contributed by atoms with Gasteiger partial charge < -0.3 is 42.5 Å². The number of anilines is 2. The van der Waals surface area contributed by atoms with E-state index in [1.54, 1.807) is 118 Å². The number of aromatic amines is 1. The number of aromatic carboxylic acids is 2. The SMILES string of the molecule is Cl.Cn1c(=O)cc(Cl)[nH]c1=O.Cn1c(=O)cc(Cl)n(Cc2ccccc2C#N)c1=O.Cn1c(=O)cc(N2CCC[C@@H](N)C2)n(Cc2ccccc2C#N)c1=O.Cn1c(=O)cc(N2CCC[C@@H](N)C2)n(Cc2ccccc2C#N)c1=O.N#Cc1ccccc1CBr.N[C@H]1CCCNC1.O=C(O)c1ccccc1.O=C(O)c1ccccc1. The Morgan fingerprint density at radius 2 is 0.791 bits per heavy atom. The van der Waals surface area contributed by atoms with E-state index in [1.807, 2.05) is 58.3 Å². The lowest BCUT2D eigenvalue weighted by Gasteiger charge is -2.34. The van der Waals surface area contributed by atoms with Crippen molar-refractivity contribution in [2.24, 2.45) is 45.4 Å². The minimum absolute atomic E-state index is 0. The third-order valence-corrected chi connectivity index (χ3v) is 19.0. The molecular weight excluding hydrogens is 1600 g/mol. The number of carbonyl (C=O) groups is 2. The zero-order valence-corrected chi connectivity index (χ0v) is 67.3. The van der Waals surface area contributed by atoms with Crippen LogP contribution in [-0.2, 0) is 53.2 Å². The largest absolute Gasteiger partial charge is 0.478 e. The van der Waals surface area contributed by atoms with Crippen LogP contribution >= 0.6 is 51.5 Å². The number of aromatic nitrogens is 8. The molecule has 3 atom stereocenters. The summed E-state index contributed by atoms with van der Waals surface area (Å²) in [5, 5.41) is 57.0. The van der Waals surface area contributed by atoms with Crippen LogP contribution in [0.5, 0.6) is 0 Å². The summed E-state index contributed by atoms with van der Waals surface area (Å²) in [6.07, 6.45) is 6.15. The number of carboxylic acid groups (broad SMARTS) is 2. The summed E-state index contributed by atoms with van der Waals surface area (Å²) in [5.74, 6) is -0.627. The summed E-state index contributed by atoms with van der Waals surface area (Å²) < 4.78 is 8.43. The van der Waals surface area contributed by atoms with E-state index in [9.17, 15) is 58.5 Å². The highest BCUT2D eigenvalue weighted by molar-refractivity contribution is 9.08. The number of benzene rings is 6. The Bertz CT molecular complexity index is 5400. The van der Waals surface area contributed by atoms with E-state index in [0.717, 1.165) is 104 Å². The number of halogens is 4. The second kappa shape index (κ2) is 47.3. The second-order valence-electron chi connectivity index (χ2n) is 25.9. The van der Waals surface area contributed by atoms with Crippen LogP contribution in [0, 0.1) is 45.3 Å². The smallest absolute Gasteiger partial charge is 0.335 e. The fourth-order valence-corrected chi connectivity index (χ4v) is 12.4. The molecule has 34 heteroatoms. The number of nitrogens with one attached hydrogen (secondary N) is 2. The molecule has 10 N–H and O–H groups in total. The monoisotopic (exact) mass is 1690 g/mol. The minimum Gasteiger partial charge on any atom is -0.478 e. The van der Waals surface area contributed by atoms with E-state index in [4.69, 9.17) is 61.1 Å². The van der Waals surface area contributed by atoms with Gasteiger partial charge in [0.15, 0.2) is 0 Å². The Morgan fingerprint density at radius 1 is 0.461 bits per heavy atom. The van der Waals surface area contributed by atoms with Gasteiger partial charge in [0, 0.05) is 109 Å². The minimum atomic E-state index is -0.879. The lowest BCUT2D eigenvalue weighted by molar-refractivity contribution is 0.0686. The predicted octanol–water partition coefficient (Wildman–Crippen LogP) is 6.98. The maximum absolute atomic E-state index is 12.7. The van der Waals surface area contributed by atoms with E-state index in [-0.39, 0.29) is 65.5 Å². The van der Waals surface area contributed by atoms with Crippen molar-refractivity contribution >= 4 is 75.1 Å². The van der Waals surface area contributed by atoms with E-state index in [1.165, 1.54) is 63.8 Å². The van der Waals surface area contributed by atoms with Gasteiger partial charge >= 0.3 is 34.7 Å². The fourth-order valence-electron chi connectivity index (χ4n) is 11.5. The number of piperidine rings is 3. The van der Waals surface area contributed by atoms with Gasteiger partial charge in [0.1, 0.15) is 21.9 Å². The maximum Gasteiger partial charge on any atom is 0.335 e. The van der Waals surface area contributed by atoms with Crippen molar-refractivity contribution in [2.75, 3.05) is 49.1 Å². The van der Waals surface area contributed by atoms with Gasteiger partial charge in [-0.2, -0.15) is 21.0 Å². The number of hydrogen-bond donors (Lipinski definition) is 7. The van der Waals surface area contributed by atoms with Gasteiger partial charge in [-0.3, -0.25) is 56.1 Å². The lowest BCUT2D eigenvalue weighted by atomic mass is 10.1. The Morgan fingerprint density at radius 3 is 1.10 bits per heavy atom. The van der Waals surface area contributed by atoms with Crippen LogP contribution in [0.4, 0.5) is 11.6 Å². The highest BCUT2D eigenvalue weighted by atomic mass is 79.9. The number of nitrogens with zero attached hydrogens (tertiary/aromatic N) is 13. The van der Waals surface area contributed by atoms with Crippen molar-refractivity contribution in [2.45, 2.75) is 81.6 Å². The number of H-pyrrole nitrogens is 1. The molecule has 115 heavy (non-hydrogen) atoms. The number of nitrogens with two attached hydrogens (primary N) is 3. The Balaban J connectivity index is 0.000000245. The molecule has 3 fully saturated rings. The average Bonchev–Trinajstić information content (AvgIpc) is 0.791. The van der Waals surface area contributed by atoms with E-state index < -0.39 is 45.8 Å². The van der Waals surface area contributed by atoms with Gasteiger partial charge in [0.2, 0.25) is 0 Å². The summed E-state index contributed by atoms with van der Waals surface area (Å²) in [6.45, 7) is 5.50. The zero-order valence-electron chi connectivity index (χ0n) is 63.4. The topological polar surface area (TPSA) is 453 Å². The molecule has 4 aromatic heterocycles. The maximum atomic E-state index is 12.7. The summed E-state index contributed by atoms with van der Waals surface area (Å²) in [6, 6.07) is 59.6. The number of rotatable bonds is 11. The Kier molecular flexibility index (Phi) is 38.4. The highest BCUT2D eigenvalue weighted by Gasteiger charge is 2.24. The molecule has 0 spiro atoms. The van der Waals surface area contributed by atoms with Crippen molar-refractivity contribution in [3.8, 4) is 24.3 Å². The summed E-state index contributed by atoms with van der Waals surface area (Å²) in [4.78, 5) is 121. The highest BCUT2D eigenvalue weighted by Crippen LogP contribution is 2.22. The molecule has 0 saturated carbocycles. The number of nitriles is 4. The molecule has 13 rings (SSSR count). The van der Waals surface area contributed by atoms with Crippen molar-refractivity contribution in [3.63, 3.8) is 0 Å². The van der Waals surface area contributed by atoms with Crippen molar-refractivity contribution in [1.29, 1.82) is 21.0 Å². The number of alkyl halides is 1. The summed E-state index contributed by atoms with van der Waals surface area (Å²) >= 11 is 14.6. The quantitative estimate of drug-likeness (QED) is 0.0507. The molecule has 3 aliphatic heterocycles. The van der Waals surface area contributed by atoms with Crippen LogP contribution in [0.25, 0.3) is 0 Å². The average molecular weight is 1690 g/mol. The van der Waals surface area contributed by atoms with Crippen LogP contribution in [0.3, 0.4) is 0 Å². The molecule has 0 bridgehead atoms. The van der Waals surface area contributed by atoms with Gasteiger partial charge in [0.05, 0.1) is 77.3 Å². The van der Waals surface area contributed by atoms with E-state index >= 15 is 0 Å². The molecule has 602 valence electrons. The van der Waals surface area contributed by atoms with Gasteiger partial charge in [0.25, 0.3) is 22.2 Å². The van der Waals surface area contributed by atoms with Crippen LogP contribution in [0.1, 0.15) is 104 Å². The first-order chi connectivity index (χ1) is 54.5. The number of carboxylic acids is 2. The normalized spacial score (nSPS) is 14.2. The predicted molar refractivity (Wildman–Crippen MR) is 448 cm³/mol. The first-order valence-corrected chi connectivity index (χ1v) is 37.5. The standard InChI is InChI=1S/2C18H21N5O2.C13H10ClN3O2.C8H6BrN.2C7H6O2.C5H5ClN2O2.C5H12N2.ClH/c2*1-21-17(24)9-16(22-8-4-7-15(20)12-22)23(18(21)25)11-14-6-3-2-5-13(14)10-19;1-16-12(18)6-11(14)17(13(16)19)8-10-5-3-2-4-9(10)7-15;9-5-7-3-1-2-4-8(7)6-10;2*8-7(9)6-4-2-1-3-5-6;1-8-4(9)2-3(6)7-5(8)10;6-5-2-1-3-7-4-5;/h2*2-3,5-6,9,15H,4,7-8,11-12,20H2,1H3;2-6H,8H2,1H3;1-4H,5H2;2*1-5H,(H,8,9);2H,1H3,(H,7,10);5,7H,1-4,6H2;1H/t2*15-;;;;;;5-;/m11.....0./s1. The fraction of sp³-hybridized carbons (Fsp3) is 0.284. The van der Waals surface area contributed by atoms with Gasteiger partial charge in [-0.15, -0.1) is 12.4 Å². The molecule has 0 unspecified atom stereocenters. The van der Waals surface area contributed by atoms with Gasteiger partial charge in [-0.25, -0.2) is 28.8 Å². The third-order valence-electron chi connectivity index (χ3n) is 17.8. The molecular formula is C81H88BrCl3N18O12. The van der Waals surface area contributed by atoms with Crippen LogP contribution < -0.4 is 77.3 Å².